The topological polar surface area (TPSA) is 79.0 Å². The number of carbonyl (C=O) groups excluding carboxylic acids is 2. The van der Waals surface area contributed by atoms with Gasteiger partial charge in [-0.15, -0.1) is 0 Å². The van der Waals surface area contributed by atoms with Crippen LogP contribution in [0.15, 0.2) is 10.9 Å². The van der Waals surface area contributed by atoms with Crippen LogP contribution in [0.1, 0.15) is 52.6 Å². The molecule has 0 bridgehead atoms. The van der Waals surface area contributed by atoms with E-state index >= 15 is 0 Å². The predicted molar refractivity (Wildman–Crippen MR) is 73.9 cm³/mol. The fourth-order valence-corrected chi connectivity index (χ4v) is 2.65. The van der Waals surface area contributed by atoms with Crippen LogP contribution in [0.2, 0.25) is 0 Å². The lowest BCUT2D eigenvalue weighted by Crippen LogP contribution is -2.33. The van der Waals surface area contributed by atoms with Crippen molar-refractivity contribution >= 4 is 11.7 Å². The van der Waals surface area contributed by atoms with Gasteiger partial charge in [-0.1, -0.05) is 6.92 Å². The van der Waals surface area contributed by atoms with Crippen molar-refractivity contribution in [3.8, 4) is 0 Å². The second-order valence-corrected chi connectivity index (χ2v) is 5.99. The predicted octanol–water partition coefficient (Wildman–Crippen LogP) is 1.28. The molecule has 3 rings (SSSR count). The standard InChI is InChI=1S/C15H18N2O3/c1-8-4-12-10(13(18)5-8)6-11(15(20)17-12)14(19)16-7-9-2-3-9/h6,8-9H,2-5,7H2,1H3,(H,16,19)(H,17,20). The molecular weight excluding hydrogens is 256 g/mol. The van der Waals surface area contributed by atoms with Gasteiger partial charge in [0.05, 0.1) is 0 Å². The van der Waals surface area contributed by atoms with Crippen LogP contribution in [0.5, 0.6) is 0 Å². The summed E-state index contributed by atoms with van der Waals surface area (Å²) in [6, 6.07) is 1.46. The number of Topliss-reactive ketones (excluding diaryl/α,β-unsaturated/α-hetero) is 1. The summed E-state index contributed by atoms with van der Waals surface area (Å²) in [5.41, 5.74) is 0.808. The van der Waals surface area contributed by atoms with Gasteiger partial charge in [0, 0.05) is 24.2 Å². The average Bonchev–Trinajstić information content (AvgIpc) is 3.18. The molecule has 5 heteroatoms. The van der Waals surface area contributed by atoms with Gasteiger partial charge in [-0.05, 0) is 37.2 Å². The van der Waals surface area contributed by atoms with Gasteiger partial charge in [0.25, 0.3) is 11.5 Å². The molecule has 2 aliphatic carbocycles. The van der Waals surface area contributed by atoms with Crippen molar-refractivity contribution in [2.45, 2.75) is 32.6 Å². The molecule has 0 aromatic carbocycles. The molecule has 2 N–H and O–H groups in total. The Balaban J connectivity index is 1.88. The minimum Gasteiger partial charge on any atom is -0.352 e. The van der Waals surface area contributed by atoms with E-state index in [2.05, 4.69) is 10.3 Å². The zero-order valence-corrected chi connectivity index (χ0v) is 11.5. The van der Waals surface area contributed by atoms with Crippen molar-refractivity contribution in [2.75, 3.05) is 6.54 Å². The second kappa shape index (κ2) is 4.89. The Morgan fingerprint density at radius 1 is 1.35 bits per heavy atom. The summed E-state index contributed by atoms with van der Waals surface area (Å²) in [5, 5.41) is 2.76. The summed E-state index contributed by atoms with van der Waals surface area (Å²) in [5.74, 6) is 0.414. The van der Waals surface area contributed by atoms with Gasteiger partial charge in [0.1, 0.15) is 5.56 Å². The van der Waals surface area contributed by atoms with Gasteiger partial charge in [0.15, 0.2) is 5.78 Å². The number of amides is 1. The normalized spacial score (nSPS) is 21.4. The highest BCUT2D eigenvalue weighted by Gasteiger charge is 2.26. The molecule has 1 fully saturated rings. The van der Waals surface area contributed by atoms with Crippen LogP contribution in [-0.4, -0.2) is 23.2 Å². The molecule has 20 heavy (non-hydrogen) atoms. The molecule has 0 spiro atoms. The molecule has 0 radical (unpaired) electrons. The third-order valence-electron chi connectivity index (χ3n) is 4.00. The maximum atomic E-state index is 12.0. The summed E-state index contributed by atoms with van der Waals surface area (Å²) in [7, 11) is 0. The van der Waals surface area contributed by atoms with Crippen LogP contribution in [0, 0.1) is 11.8 Å². The van der Waals surface area contributed by atoms with E-state index in [0.717, 1.165) is 12.8 Å². The van der Waals surface area contributed by atoms with Crippen molar-refractivity contribution in [1.29, 1.82) is 0 Å². The fourth-order valence-electron chi connectivity index (χ4n) is 2.65. The third-order valence-corrected chi connectivity index (χ3v) is 4.00. The first-order valence-electron chi connectivity index (χ1n) is 7.12. The summed E-state index contributed by atoms with van der Waals surface area (Å²) >= 11 is 0. The lowest BCUT2D eigenvalue weighted by Gasteiger charge is -2.20. The SMILES string of the molecule is CC1CC(=O)c2cc(C(=O)NCC3CC3)c(=O)[nH]c2C1. The van der Waals surface area contributed by atoms with E-state index in [9.17, 15) is 14.4 Å². The molecule has 1 aromatic heterocycles. The molecule has 1 heterocycles. The Morgan fingerprint density at radius 2 is 2.10 bits per heavy atom. The van der Waals surface area contributed by atoms with Crippen molar-refractivity contribution in [1.82, 2.24) is 10.3 Å². The molecule has 5 nitrogen and oxygen atoms in total. The molecule has 1 unspecified atom stereocenters. The largest absolute Gasteiger partial charge is 0.352 e. The van der Waals surface area contributed by atoms with E-state index in [-0.39, 0.29) is 23.2 Å². The number of hydrogen-bond donors (Lipinski definition) is 2. The minimum atomic E-state index is -0.404. The van der Waals surface area contributed by atoms with Crippen molar-refractivity contribution in [2.24, 2.45) is 11.8 Å². The number of aromatic amines is 1. The van der Waals surface area contributed by atoms with Crippen LogP contribution in [-0.2, 0) is 6.42 Å². The lowest BCUT2D eigenvalue weighted by atomic mass is 9.86. The van der Waals surface area contributed by atoms with Gasteiger partial charge in [-0.3, -0.25) is 14.4 Å². The molecule has 1 aromatic rings. The van der Waals surface area contributed by atoms with Crippen LogP contribution in [0.25, 0.3) is 0 Å². The van der Waals surface area contributed by atoms with E-state index in [0.29, 0.717) is 36.6 Å². The smallest absolute Gasteiger partial charge is 0.261 e. The van der Waals surface area contributed by atoms with E-state index in [4.69, 9.17) is 0 Å². The van der Waals surface area contributed by atoms with Gasteiger partial charge in [-0.2, -0.15) is 0 Å². The molecule has 0 saturated heterocycles. The molecule has 2 aliphatic rings. The van der Waals surface area contributed by atoms with Crippen LogP contribution >= 0.6 is 0 Å². The first-order chi connectivity index (χ1) is 9.54. The van der Waals surface area contributed by atoms with Gasteiger partial charge < -0.3 is 10.3 Å². The zero-order chi connectivity index (χ0) is 14.3. The van der Waals surface area contributed by atoms with E-state index < -0.39 is 5.56 Å². The first kappa shape index (κ1) is 13.1. The van der Waals surface area contributed by atoms with Crippen LogP contribution < -0.4 is 10.9 Å². The molecule has 106 valence electrons. The maximum Gasteiger partial charge on any atom is 0.261 e. The molecule has 1 saturated carbocycles. The highest BCUT2D eigenvalue weighted by molar-refractivity contribution is 6.01. The highest BCUT2D eigenvalue weighted by Crippen LogP contribution is 2.27. The molecule has 1 amide bonds. The molecule has 1 atom stereocenters. The van der Waals surface area contributed by atoms with E-state index in [1.807, 2.05) is 6.92 Å². The highest BCUT2D eigenvalue weighted by atomic mass is 16.2. The number of hydrogen-bond acceptors (Lipinski definition) is 3. The van der Waals surface area contributed by atoms with E-state index in [1.165, 1.54) is 6.07 Å². The summed E-state index contributed by atoms with van der Waals surface area (Å²) < 4.78 is 0. The van der Waals surface area contributed by atoms with Crippen LogP contribution in [0.3, 0.4) is 0 Å². The van der Waals surface area contributed by atoms with E-state index in [1.54, 1.807) is 0 Å². The van der Waals surface area contributed by atoms with Crippen LogP contribution in [0.4, 0.5) is 0 Å². The Hall–Kier alpha value is -1.91. The monoisotopic (exact) mass is 274 g/mol. The summed E-state index contributed by atoms with van der Waals surface area (Å²) in [4.78, 5) is 38.7. The first-order valence-corrected chi connectivity index (χ1v) is 7.12. The number of pyridine rings is 1. The van der Waals surface area contributed by atoms with Gasteiger partial charge in [0.2, 0.25) is 0 Å². The van der Waals surface area contributed by atoms with Crippen molar-refractivity contribution in [3.05, 3.63) is 33.2 Å². The van der Waals surface area contributed by atoms with Crippen molar-refractivity contribution in [3.63, 3.8) is 0 Å². The Morgan fingerprint density at radius 3 is 2.80 bits per heavy atom. The number of fused-ring (bicyclic) bond motifs is 1. The number of rotatable bonds is 3. The average molecular weight is 274 g/mol. The quantitative estimate of drug-likeness (QED) is 0.871. The summed E-state index contributed by atoms with van der Waals surface area (Å²) in [6.45, 7) is 2.59. The Labute approximate surface area is 116 Å². The molecule has 0 aliphatic heterocycles. The van der Waals surface area contributed by atoms with Gasteiger partial charge in [-0.25, -0.2) is 0 Å². The third kappa shape index (κ3) is 2.53. The Bertz CT molecular complexity index is 628. The number of ketones is 1. The molecular formula is C15H18N2O3. The number of H-pyrrole nitrogens is 1. The van der Waals surface area contributed by atoms with Gasteiger partial charge >= 0.3 is 0 Å². The summed E-state index contributed by atoms with van der Waals surface area (Å²) in [6.07, 6.45) is 3.43. The number of carbonyl (C=O) groups is 2. The Kier molecular flexibility index (Phi) is 3.20. The number of nitrogens with one attached hydrogen (secondary N) is 2. The second-order valence-electron chi connectivity index (χ2n) is 5.99. The maximum absolute atomic E-state index is 12.0. The zero-order valence-electron chi connectivity index (χ0n) is 11.5. The van der Waals surface area contributed by atoms with Crippen molar-refractivity contribution < 1.29 is 9.59 Å². The lowest BCUT2D eigenvalue weighted by molar-refractivity contribution is 0.0950. The fraction of sp³-hybridized carbons (Fsp3) is 0.533. The number of aromatic nitrogens is 1. The minimum absolute atomic E-state index is 0.00578.